The molecule has 0 bridgehead atoms. The highest BCUT2D eigenvalue weighted by atomic mass is 79.9. The van der Waals surface area contributed by atoms with Crippen molar-refractivity contribution in [2.75, 3.05) is 61.6 Å². The zero-order chi connectivity index (χ0) is 26.0. The van der Waals surface area contributed by atoms with Crippen molar-refractivity contribution < 1.29 is 4.57 Å². The fourth-order valence-electron chi connectivity index (χ4n) is 4.52. The van der Waals surface area contributed by atoms with Gasteiger partial charge in [-0.25, -0.2) is 4.98 Å². The number of hydrogen-bond donors (Lipinski definition) is 2. The largest absolute Gasteiger partial charge is 0.369 e. The lowest BCUT2D eigenvalue weighted by atomic mass is 10.2. The van der Waals surface area contributed by atoms with Crippen molar-refractivity contribution in [1.82, 2.24) is 24.8 Å². The van der Waals surface area contributed by atoms with Crippen LogP contribution in [0, 0.1) is 0 Å². The molecule has 9 nitrogen and oxygen atoms in total. The molecule has 0 aliphatic carbocycles. The maximum atomic E-state index is 13.2. The van der Waals surface area contributed by atoms with E-state index in [1.807, 2.05) is 24.3 Å². The van der Waals surface area contributed by atoms with Crippen LogP contribution in [0.5, 0.6) is 0 Å². The number of rotatable bonds is 7. The van der Waals surface area contributed by atoms with E-state index in [2.05, 4.69) is 75.4 Å². The minimum Gasteiger partial charge on any atom is -0.369 e. The molecule has 3 heterocycles. The summed E-state index contributed by atoms with van der Waals surface area (Å²) >= 11 is 3.54. The summed E-state index contributed by atoms with van der Waals surface area (Å²) in [5.74, 6) is 1.01. The molecule has 0 spiro atoms. The fraction of sp³-hybridized carbons (Fsp3) is 0.308. The number of hydrogen-bond acceptors (Lipinski definition) is 9. The van der Waals surface area contributed by atoms with Gasteiger partial charge in [0.1, 0.15) is 18.5 Å². The summed E-state index contributed by atoms with van der Waals surface area (Å²) in [5.41, 5.74) is 4.12. The first-order valence-electron chi connectivity index (χ1n) is 12.2. The summed E-state index contributed by atoms with van der Waals surface area (Å²) in [7, 11) is -2.69. The zero-order valence-corrected chi connectivity index (χ0v) is 23.6. The highest BCUT2D eigenvalue weighted by Crippen LogP contribution is 2.41. The second-order valence-electron chi connectivity index (χ2n) is 9.35. The molecule has 1 aliphatic heterocycles. The SMILES string of the molecule is CCN1CCN(c2ccc(Nc3ncc(Br)c(Nc4ccc5nccnc5c4P(C)(C)=O)n3)cc2)CC1. The number of piperazine rings is 1. The van der Waals surface area contributed by atoms with Crippen LogP contribution in [0.1, 0.15) is 6.92 Å². The minimum absolute atomic E-state index is 0.452. The van der Waals surface area contributed by atoms with E-state index >= 15 is 0 Å². The second-order valence-corrected chi connectivity index (χ2v) is 13.3. The molecule has 192 valence electrons. The van der Waals surface area contributed by atoms with Gasteiger partial charge in [0.15, 0.2) is 0 Å². The second kappa shape index (κ2) is 10.7. The summed E-state index contributed by atoms with van der Waals surface area (Å²) < 4.78 is 13.9. The van der Waals surface area contributed by atoms with Crippen LogP contribution in [0.15, 0.2) is 59.5 Å². The number of halogens is 1. The normalized spacial score (nSPS) is 14.6. The molecule has 5 rings (SSSR count). The molecule has 2 aromatic heterocycles. The molecule has 0 atom stereocenters. The smallest absolute Gasteiger partial charge is 0.229 e. The van der Waals surface area contributed by atoms with Gasteiger partial charge in [-0.15, -0.1) is 0 Å². The third-order valence-electron chi connectivity index (χ3n) is 6.46. The number of nitrogens with one attached hydrogen (secondary N) is 2. The lowest BCUT2D eigenvalue weighted by Gasteiger charge is -2.35. The number of fused-ring (bicyclic) bond motifs is 1. The van der Waals surface area contributed by atoms with Crippen LogP contribution >= 0.6 is 23.1 Å². The summed E-state index contributed by atoms with van der Waals surface area (Å²) in [4.78, 5) is 22.8. The molecule has 0 saturated carbocycles. The molecule has 1 saturated heterocycles. The number of likely N-dealkylation sites (N-methyl/N-ethyl adjacent to an activating group) is 1. The number of aromatic nitrogens is 4. The van der Waals surface area contributed by atoms with Crippen molar-refractivity contribution >= 4 is 68.2 Å². The molecule has 1 aliphatic rings. The number of nitrogens with zero attached hydrogens (tertiary/aromatic N) is 6. The van der Waals surface area contributed by atoms with Gasteiger partial charge >= 0.3 is 0 Å². The van der Waals surface area contributed by atoms with Gasteiger partial charge in [-0.3, -0.25) is 9.97 Å². The van der Waals surface area contributed by atoms with Crippen molar-refractivity contribution in [3.63, 3.8) is 0 Å². The summed E-state index contributed by atoms with van der Waals surface area (Å²) in [6.45, 7) is 11.0. The third kappa shape index (κ3) is 5.76. The Bertz CT molecular complexity index is 1450. The lowest BCUT2D eigenvalue weighted by Crippen LogP contribution is -2.46. The van der Waals surface area contributed by atoms with E-state index in [1.165, 1.54) is 5.69 Å². The number of benzene rings is 2. The van der Waals surface area contributed by atoms with Gasteiger partial charge < -0.3 is 25.0 Å². The van der Waals surface area contributed by atoms with Crippen LogP contribution in [0.3, 0.4) is 0 Å². The molecule has 11 heteroatoms. The Morgan fingerprint density at radius 3 is 2.38 bits per heavy atom. The van der Waals surface area contributed by atoms with Gasteiger partial charge in [0.05, 0.1) is 21.0 Å². The first-order chi connectivity index (χ1) is 17.8. The summed E-state index contributed by atoms with van der Waals surface area (Å²) in [6, 6.07) is 12.1. The van der Waals surface area contributed by atoms with Crippen molar-refractivity contribution in [3.05, 3.63) is 59.5 Å². The third-order valence-corrected chi connectivity index (χ3v) is 8.57. The van der Waals surface area contributed by atoms with Gasteiger partial charge in [0.2, 0.25) is 5.95 Å². The highest BCUT2D eigenvalue weighted by Gasteiger charge is 2.22. The van der Waals surface area contributed by atoms with Crippen LogP contribution in [0.4, 0.5) is 28.8 Å². The van der Waals surface area contributed by atoms with Crippen LogP contribution < -0.4 is 20.8 Å². The molecular weight excluding hydrogens is 551 g/mol. The Morgan fingerprint density at radius 1 is 0.946 bits per heavy atom. The van der Waals surface area contributed by atoms with E-state index in [9.17, 15) is 4.57 Å². The van der Waals surface area contributed by atoms with E-state index in [-0.39, 0.29) is 0 Å². The van der Waals surface area contributed by atoms with Crippen LogP contribution in [-0.4, -0.2) is 70.9 Å². The maximum absolute atomic E-state index is 13.2. The quantitative estimate of drug-likeness (QED) is 0.290. The molecule has 2 aromatic carbocycles. The highest BCUT2D eigenvalue weighted by molar-refractivity contribution is 9.10. The molecule has 4 aromatic rings. The van der Waals surface area contributed by atoms with Gasteiger partial charge in [-0.2, -0.15) is 4.98 Å². The van der Waals surface area contributed by atoms with Crippen LogP contribution in [-0.2, 0) is 4.57 Å². The van der Waals surface area contributed by atoms with E-state index in [1.54, 1.807) is 31.9 Å². The van der Waals surface area contributed by atoms with Gasteiger partial charge in [-0.05, 0) is 72.2 Å². The molecule has 0 unspecified atom stereocenters. The predicted molar refractivity (Wildman–Crippen MR) is 156 cm³/mol. The van der Waals surface area contributed by atoms with Crippen molar-refractivity contribution in [3.8, 4) is 0 Å². The summed E-state index contributed by atoms with van der Waals surface area (Å²) in [6.07, 6.45) is 4.94. The van der Waals surface area contributed by atoms with Crippen molar-refractivity contribution in [2.24, 2.45) is 0 Å². The Kier molecular flexibility index (Phi) is 7.42. The Labute approximate surface area is 225 Å². The topological polar surface area (TPSA) is 99.2 Å². The molecule has 1 fully saturated rings. The predicted octanol–water partition coefficient (Wildman–Crippen LogP) is 5.06. The number of anilines is 5. The monoisotopic (exact) mass is 580 g/mol. The minimum atomic E-state index is -2.69. The lowest BCUT2D eigenvalue weighted by molar-refractivity contribution is 0.271. The average Bonchev–Trinajstić information content (AvgIpc) is 2.90. The zero-order valence-electron chi connectivity index (χ0n) is 21.1. The Morgan fingerprint density at radius 2 is 1.68 bits per heavy atom. The van der Waals surface area contributed by atoms with E-state index < -0.39 is 7.14 Å². The van der Waals surface area contributed by atoms with Gasteiger partial charge in [0, 0.05) is 56.1 Å². The Balaban J connectivity index is 1.36. The standard InChI is InChI=1S/C26H30BrN8OP/c1-4-34-13-15-35(16-14-34)19-7-5-18(6-8-19)31-26-30-17-20(27)25(33-26)32-22-10-9-21-23(29-12-11-28-21)24(22)37(2,3)36/h5-12,17H,4,13-16H2,1-3H3,(H2,30,31,32,33). The van der Waals surface area contributed by atoms with Crippen LogP contribution in [0.25, 0.3) is 11.0 Å². The average molecular weight is 581 g/mol. The maximum Gasteiger partial charge on any atom is 0.229 e. The summed E-state index contributed by atoms with van der Waals surface area (Å²) in [5, 5.41) is 7.28. The van der Waals surface area contributed by atoms with Crippen molar-refractivity contribution in [2.45, 2.75) is 6.92 Å². The fourth-order valence-corrected chi connectivity index (χ4v) is 6.20. The van der Waals surface area contributed by atoms with Crippen molar-refractivity contribution in [1.29, 1.82) is 0 Å². The molecule has 2 N–H and O–H groups in total. The van der Waals surface area contributed by atoms with E-state index in [4.69, 9.17) is 0 Å². The van der Waals surface area contributed by atoms with E-state index in [0.29, 0.717) is 38.3 Å². The van der Waals surface area contributed by atoms with Crippen LogP contribution in [0.2, 0.25) is 0 Å². The molecule has 37 heavy (non-hydrogen) atoms. The van der Waals surface area contributed by atoms with E-state index in [0.717, 1.165) is 38.4 Å². The first kappa shape index (κ1) is 25.6. The molecule has 0 radical (unpaired) electrons. The Hall–Kier alpha value is -3.07. The molecular formula is C26H30BrN8OP. The first-order valence-corrected chi connectivity index (χ1v) is 15.6. The van der Waals surface area contributed by atoms with Gasteiger partial charge in [0.25, 0.3) is 0 Å². The molecule has 0 amide bonds. The van der Waals surface area contributed by atoms with Gasteiger partial charge in [-0.1, -0.05) is 6.92 Å².